The van der Waals surface area contributed by atoms with Gasteiger partial charge in [0.25, 0.3) is 0 Å². The van der Waals surface area contributed by atoms with Crippen molar-refractivity contribution >= 4 is 27.8 Å². The Labute approximate surface area is 149 Å². The Morgan fingerprint density at radius 1 is 1.38 bits per heavy atom. The molecule has 1 aliphatic heterocycles. The van der Waals surface area contributed by atoms with Crippen molar-refractivity contribution < 1.29 is 4.74 Å². The van der Waals surface area contributed by atoms with Gasteiger partial charge in [0.15, 0.2) is 10.3 Å². The fourth-order valence-corrected chi connectivity index (χ4v) is 4.60. The number of ether oxygens (including phenoxy) is 1. The Balaban J connectivity index is 1.55. The van der Waals surface area contributed by atoms with Gasteiger partial charge in [0.1, 0.15) is 0 Å². The molecule has 5 nitrogen and oxygen atoms in total. The third kappa shape index (κ3) is 2.99. The predicted molar refractivity (Wildman–Crippen MR) is 99.5 cm³/mol. The number of thiazole rings is 2. The van der Waals surface area contributed by atoms with Gasteiger partial charge in [-0.3, -0.25) is 4.57 Å². The van der Waals surface area contributed by atoms with Crippen LogP contribution in [0.3, 0.4) is 0 Å². The molecule has 4 rings (SSSR count). The van der Waals surface area contributed by atoms with Gasteiger partial charge in [-0.1, -0.05) is 0 Å². The summed E-state index contributed by atoms with van der Waals surface area (Å²) in [5.41, 5.74) is 4.55. The van der Waals surface area contributed by atoms with Crippen LogP contribution in [-0.2, 0) is 4.74 Å². The topological polar surface area (TPSA) is 52.0 Å². The van der Waals surface area contributed by atoms with Gasteiger partial charge >= 0.3 is 0 Å². The Bertz CT molecular complexity index is 816. The molecule has 24 heavy (non-hydrogen) atoms. The van der Waals surface area contributed by atoms with E-state index in [0.717, 1.165) is 42.0 Å². The molecule has 0 radical (unpaired) electrons. The van der Waals surface area contributed by atoms with Crippen LogP contribution in [0.15, 0.2) is 23.0 Å². The van der Waals surface area contributed by atoms with Crippen molar-refractivity contribution in [2.45, 2.75) is 32.8 Å². The van der Waals surface area contributed by atoms with E-state index in [1.807, 2.05) is 11.6 Å². The number of nitrogens with zero attached hydrogens (tertiary/aromatic N) is 3. The molecule has 1 fully saturated rings. The van der Waals surface area contributed by atoms with E-state index in [4.69, 9.17) is 9.72 Å². The van der Waals surface area contributed by atoms with E-state index in [1.165, 1.54) is 17.0 Å². The highest BCUT2D eigenvalue weighted by atomic mass is 32.1. The molecule has 7 heteroatoms. The lowest BCUT2D eigenvalue weighted by atomic mass is 10.2. The van der Waals surface area contributed by atoms with E-state index in [2.05, 4.69) is 40.2 Å². The molecule has 0 spiro atoms. The van der Waals surface area contributed by atoms with E-state index in [0.29, 0.717) is 6.10 Å². The third-order valence-electron chi connectivity index (χ3n) is 4.33. The van der Waals surface area contributed by atoms with Crippen molar-refractivity contribution in [3.05, 3.63) is 34.4 Å². The summed E-state index contributed by atoms with van der Waals surface area (Å²) in [7, 11) is 0. The highest BCUT2D eigenvalue weighted by Crippen LogP contribution is 2.32. The highest BCUT2D eigenvalue weighted by molar-refractivity contribution is 7.14. The van der Waals surface area contributed by atoms with E-state index in [9.17, 15) is 0 Å². The average Bonchev–Trinajstić information content (AvgIpc) is 3.34. The summed E-state index contributed by atoms with van der Waals surface area (Å²) in [5.74, 6) is 0. The molecule has 0 aromatic carbocycles. The summed E-state index contributed by atoms with van der Waals surface area (Å²) in [6.45, 7) is 5.96. The number of hydrogen-bond donors (Lipinski definition) is 1. The van der Waals surface area contributed by atoms with Crippen molar-refractivity contribution in [3.63, 3.8) is 0 Å². The van der Waals surface area contributed by atoms with E-state index >= 15 is 0 Å². The van der Waals surface area contributed by atoms with Crippen molar-refractivity contribution in [2.75, 3.05) is 18.5 Å². The highest BCUT2D eigenvalue weighted by Gasteiger charge is 2.18. The molecule has 0 saturated carbocycles. The van der Waals surface area contributed by atoms with Gasteiger partial charge in [0, 0.05) is 47.1 Å². The van der Waals surface area contributed by atoms with Crippen LogP contribution in [0.4, 0.5) is 5.13 Å². The van der Waals surface area contributed by atoms with Crippen LogP contribution in [0.1, 0.15) is 24.2 Å². The zero-order valence-corrected chi connectivity index (χ0v) is 15.4. The SMILES string of the molecule is Cc1cc(-c2csc(NCC3CCCO3)n2)c(C)n1-c1nccs1. The van der Waals surface area contributed by atoms with Crippen LogP contribution in [0.5, 0.6) is 0 Å². The Morgan fingerprint density at radius 3 is 3.04 bits per heavy atom. The normalized spacial score (nSPS) is 17.5. The van der Waals surface area contributed by atoms with E-state index in [1.54, 1.807) is 22.7 Å². The Morgan fingerprint density at radius 2 is 2.29 bits per heavy atom. The van der Waals surface area contributed by atoms with Crippen LogP contribution < -0.4 is 5.32 Å². The molecule has 1 saturated heterocycles. The van der Waals surface area contributed by atoms with Crippen LogP contribution >= 0.6 is 22.7 Å². The summed E-state index contributed by atoms with van der Waals surface area (Å²) >= 11 is 3.30. The molecule has 1 unspecified atom stereocenters. The van der Waals surface area contributed by atoms with Crippen molar-refractivity contribution in [2.24, 2.45) is 0 Å². The molecule has 3 aromatic rings. The molecule has 1 atom stereocenters. The lowest BCUT2D eigenvalue weighted by molar-refractivity contribution is 0.120. The number of aryl methyl sites for hydroxylation is 1. The molecule has 0 amide bonds. The summed E-state index contributed by atoms with van der Waals surface area (Å²) < 4.78 is 7.84. The van der Waals surface area contributed by atoms with Crippen LogP contribution in [-0.4, -0.2) is 33.8 Å². The molecule has 3 aromatic heterocycles. The van der Waals surface area contributed by atoms with Crippen LogP contribution in [0, 0.1) is 13.8 Å². The first-order valence-corrected chi connectivity index (χ1v) is 9.88. The van der Waals surface area contributed by atoms with E-state index in [-0.39, 0.29) is 0 Å². The largest absolute Gasteiger partial charge is 0.376 e. The number of anilines is 1. The zero-order chi connectivity index (χ0) is 16.5. The lowest BCUT2D eigenvalue weighted by Crippen LogP contribution is -2.18. The number of aromatic nitrogens is 3. The molecule has 0 aliphatic carbocycles. The number of rotatable bonds is 5. The first kappa shape index (κ1) is 15.8. The quantitative estimate of drug-likeness (QED) is 0.738. The molecule has 0 bridgehead atoms. The second-order valence-electron chi connectivity index (χ2n) is 5.99. The standard InChI is InChI=1S/C17H20N4OS2/c1-11-8-14(12(2)21(11)17-18-5-7-23-17)15-10-24-16(20-15)19-9-13-4-3-6-22-13/h5,7-8,10,13H,3-4,6,9H2,1-2H3,(H,19,20). The first-order chi connectivity index (χ1) is 11.7. The maximum atomic E-state index is 5.65. The maximum Gasteiger partial charge on any atom is 0.193 e. The van der Waals surface area contributed by atoms with Gasteiger partial charge < -0.3 is 10.1 Å². The number of nitrogens with one attached hydrogen (secondary N) is 1. The molecule has 1 N–H and O–H groups in total. The number of hydrogen-bond acceptors (Lipinski definition) is 6. The lowest BCUT2D eigenvalue weighted by Gasteiger charge is -2.09. The smallest absolute Gasteiger partial charge is 0.193 e. The molecular formula is C17H20N4OS2. The maximum absolute atomic E-state index is 5.65. The summed E-state index contributed by atoms with van der Waals surface area (Å²) in [5, 5.41) is 9.49. The molecular weight excluding hydrogens is 340 g/mol. The summed E-state index contributed by atoms with van der Waals surface area (Å²) in [6, 6.07) is 2.19. The van der Waals surface area contributed by atoms with Gasteiger partial charge in [-0.25, -0.2) is 9.97 Å². The minimum Gasteiger partial charge on any atom is -0.376 e. The van der Waals surface area contributed by atoms with Crippen LogP contribution in [0.25, 0.3) is 16.4 Å². The monoisotopic (exact) mass is 360 g/mol. The first-order valence-electron chi connectivity index (χ1n) is 8.12. The summed E-state index contributed by atoms with van der Waals surface area (Å²) in [6.07, 6.45) is 4.47. The van der Waals surface area contributed by atoms with Gasteiger partial charge in [0.2, 0.25) is 0 Å². The van der Waals surface area contributed by atoms with Gasteiger partial charge in [-0.05, 0) is 32.8 Å². The molecule has 1 aliphatic rings. The van der Waals surface area contributed by atoms with Crippen molar-refractivity contribution in [1.82, 2.24) is 14.5 Å². The average molecular weight is 361 g/mol. The van der Waals surface area contributed by atoms with Crippen molar-refractivity contribution in [3.8, 4) is 16.4 Å². The minimum atomic E-state index is 0.326. The third-order valence-corrected chi connectivity index (χ3v) is 5.88. The predicted octanol–water partition coefficient (Wildman–Crippen LogP) is 4.27. The Kier molecular flexibility index (Phi) is 4.39. The molecule has 4 heterocycles. The summed E-state index contributed by atoms with van der Waals surface area (Å²) in [4.78, 5) is 9.19. The minimum absolute atomic E-state index is 0.326. The van der Waals surface area contributed by atoms with E-state index < -0.39 is 0 Å². The fraction of sp³-hybridized carbons (Fsp3) is 0.412. The Hall–Kier alpha value is -1.70. The zero-order valence-electron chi connectivity index (χ0n) is 13.8. The fourth-order valence-electron chi connectivity index (χ4n) is 3.13. The van der Waals surface area contributed by atoms with Crippen LogP contribution in [0.2, 0.25) is 0 Å². The second-order valence-corrected chi connectivity index (χ2v) is 7.72. The van der Waals surface area contributed by atoms with Gasteiger partial charge in [-0.2, -0.15) is 0 Å². The molecule has 126 valence electrons. The second kappa shape index (κ2) is 6.66. The van der Waals surface area contributed by atoms with Gasteiger partial charge in [0.05, 0.1) is 11.8 Å². The van der Waals surface area contributed by atoms with Crippen molar-refractivity contribution in [1.29, 1.82) is 0 Å². The van der Waals surface area contributed by atoms with Gasteiger partial charge in [-0.15, -0.1) is 22.7 Å².